The molecule has 3 aliphatic rings. The number of esters is 1. The Balaban J connectivity index is 1.46. The molecule has 2 fully saturated rings. The summed E-state index contributed by atoms with van der Waals surface area (Å²) in [5.74, 6) is -4.74. The van der Waals surface area contributed by atoms with Crippen LogP contribution in [0.5, 0.6) is 11.5 Å². The van der Waals surface area contributed by atoms with Gasteiger partial charge in [0.25, 0.3) is 0 Å². The van der Waals surface area contributed by atoms with Gasteiger partial charge < -0.3 is 20.3 Å². The minimum Gasteiger partial charge on any atom is -0.504 e. The normalized spacial score (nSPS) is 24.5. The molecular weight excluding hydrogens is 550 g/mol. The number of nitrogens with zero attached hydrogens (tertiary/aromatic N) is 1. The van der Waals surface area contributed by atoms with Crippen molar-refractivity contribution in [3.8, 4) is 11.5 Å². The van der Waals surface area contributed by atoms with Crippen LogP contribution in [0.2, 0.25) is 5.02 Å². The molecule has 0 aliphatic carbocycles. The van der Waals surface area contributed by atoms with Gasteiger partial charge in [-0.3, -0.25) is 19.7 Å². The third kappa shape index (κ3) is 3.97. The van der Waals surface area contributed by atoms with E-state index >= 15 is 0 Å². The quantitative estimate of drug-likeness (QED) is 0.206. The maximum Gasteiger partial charge on any atom is 0.338 e. The Kier molecular flexibility index (Phi) is 6.28. The summed E-state index contributed by atoms with van der Waals surface area (Å²) in [6, 6.07) is 13.1. The number of imide groups is 1. The number of fused-ring (bicyclic) bond motifs is 4. The number of aryl methyl sites for hydroxylation is 1. The van der Waals surface area contributed by atoms with E-state index in [1.54, 1.807) is 25.1 Å². The summed E-state index contributed by atoms with van der Waals surface area (Å²) in [5.41, 5.74) is 1.19. The molecular formula is C30H26ClN3O7. The van der Waals surface area contributed by atoms with E-state index in [1.165, 1.54) is 36.4 Å². The predicted molar refractivity (Wildman–Crippen MR) is 149 cm³/mol. The van der Waals surface area contributed by atoms with Crippen LogP contribution in [-0.4, -0.2) is 46.6 Å². The molecule has 3 aromatic carbocycles. The molecule has 0 bridgehead atoms. The number of halogens is 1. The van der Waals surface area contributed by atoms with E-state index in [0.29, 0.717) is 21.8 Å². The number of nitrogens with one attached hydrogen (secondary N) is 2. The first-order valence-corrected chi connectivity index (χ1v) is 13.5. The number of hydrogen-bond donors (Lipinski definition) is 4. The Hall–Kier alpha value is -4.41. The number of carbonyl (C=O) groups is 4. The van der Waals surface area contributed by atoms with Crippen LogP contribution in [-0.2, 0) is 31.1 Å². The van der Waals surface area contributed by atoms with Crippen molar-refractivity contribution in [3.63, 3.8) is 0 Å². The highest BCUT2D eigenvalue weighted by molar-refractivity contribution is 6.35. The number of aromatic hydroxyl groups is 2. The number of phenolic OH excluding ortho intramolecular Hbond substituents is 2. The van der Waals surface area contributed by atoms with Crippen LogP contribution < -0.4 is 15.5 Å². The molecule has 0 saturated carbocycles. The van der Waals surface area contributed by atoms with E-state index in [1.807, 2.05) is 6.92 Å². The van der Waals surface area contributed by atoms with Crippen molar-refractivity contribution in [2.24, 2.45) is 11.8 Å². The van der Waals surface area contributed by atoms with Crippen molar-refractivity contribution in [1.29, 1.82) is 0 Å². The third-order valence-electron chi connectivity index (χ3n) is 8.05. The van der Waals surface area contributed by atoms with E-state index in [9.17, 15) is 29.4 Å². The van der Waals surface area contributed by atoms with Gasteiger partial charge in [-0.1, -0.05) is 23.7 Å². The fraction of sp³-hybridized carbons (Fsp3) is 0.267. The van der Waals surface area contributed by atoms with Gasteiger partial charge in [-0.05, 0) is 73.9 Å². The number of ether oxygens (including phenoxy) is 1. The zero-order valence-electron chi connectivity index (χ0n) is 22.1. The minimum absolute atomic E-state index is 0.174. The maximum absolute atomic E-state index is 14.2. The first-order valence-electron chi connectivity index (χ1n) is 13.1. The lowest BCUT2D eigenvalue weighted by atomic mass is 9.76. The Morgan fingerprint density at radius 3 is 2.44 bits per heavy atom. The Morgan fingerprint density at radius 1 is 1.02 bits per heavy atom. The van der Waals surface area contributed by atoms with Crippen LogP contribution in [0.25, 0.3) is 0 Å². The second-order valence-electron chi connectivity index (χ2n) is 10.5. The molecule has 2 saturated heterocycles. The number of amides is 3. The fourth-order valence-electron chi connectivity index (χ4n) is 6.33. The molecule has 0 aromatic heterocycles. The van der Waals surface area contributed by atoms with Gasteiger partial charge in [0.1, 0.15) is 5.54 Å². The minimum atomic E-state index is -1.58. The molecule has 210 valence electrons. The zero-order valence-corrected chi connectivity index (χ0v) is 22.9. The smallest absolute Gasteiger partial charge is 0.338 e. The molecule has 3 amide bonds. The van der Waals surface area contributed by atoms with Crippen LogP contribution >= 0.6 is 11.6 Å². The number of rotatable bonds is 5. The molecule has 3 heterocycles. The molecule has 10 nitrogen and oxygen atoms in total. The molecule has 4 N–H and O–H groups in total. The van der Waals surface area contributed by atoms with Crippen molar-refractivity contribution in [2.45, 2.75) is 31.8 Å². The Morgan fingerprint density at radius 2 is 1.76 bits per heavy atom. The van der Waals surface area contributed by atoms with E-state index in [-0.39, 0.29) is 35.8 Å². The summed E-state index contributed by atoms with van der Waals surface area (Å²) in [6.07, 6.45) is 0.174. The van der Waals surface area contributed by atoms with E-state index in [0.717, 1.165) is 10.5 Å². The summed E-state index contributed by atoms with van der Waals surface area (Å²) in [5, 5.41) is 26.3. The molecule has 41 heavy (non-hydrogen) atoms. The molecule has 0 unspecified atom stereocenters. The second-order valence-corrected chi connectivity index (χ2v) is 10.9. The highest BCUT2D eigenvalue weighted by Gasteiger charge is 2.70. The first-order chi connectivity index (χ1) is 19.6. The lowest BCUT2D eigenvalue weighted by Crippen LogP contribution is -2.53. The summed E-state index contributed by atoms with van der Waals surface area (Å²) >= 11 is 6.50. The number of benzene rings is 3. The highest BCUT2D eigenvalue weighted by atomic mass is 35.5. The van der Waals surface area contributed by atoms with Gasteiger partial charge in [-0.25, -0.2) is 9.69 Å². The molecule has 11 heteroatoms. The van der Waals surface area contributed by atoms with Gasteiger partial charge in [-0.15, -0.1) is 0 Å². The number of carbonyl (C=O) groups excluding carboxylic acids is 4. The van der Waals surface area contributed by atoms with Crippen molar-refractivity contribution in [2.75, 3.05) is 16.8 Å². The van der Waals surface area contributed by atoms with Gasteiger partial charge in [0.2, 0.25) is 17.7 Å². The standard InChI is InChI=1S/C30H26ClN3O7/c1-3-41-28(39)16-5-7-17(8-6-16)34-26(37)23-20(12-15-4-9-21(35)22(36)13-15)33-30(24(23)27(34)38)18-10-14(2)11-19(31)25(18)32-29(30)40/h4-11,13,20,23-24,33,35-36H,3,12H2,1-2H3,(H,32,40)/t20-,23-,24+,30-/m1/s1. The Labute approximate surface area is 239 Å². The zero-order chi connectivity index (χ0) is 29.2. The van der Waals surface area contributed by atoms with Gasteiger partial charge in [0, 0.05) is 11.6 Å². The average Bonchev–Trinajstić information content (AvgIpc) is 3.51. The fourth-order valence-corrected chi connectivity index (χ4v) is 6.66. The van der Waals surface area contributed by atoms with Crippen molar-refractivity contribution < 1.29 is 34.1 Å². The van der Waals surface area contributed by atoms with Crippen LogP contribution in [0.15, 0.2) is 54.6 Å². The summed E-state index contributed by atoms with van der Waals surface area (Å²) in [4.78, 5) is 55.2. The number of phenols is 2. The van der Waals surface area contributed by atoms with Gasteiger partial charge in [0.15, 0.2) is 11.5 Å². The number of hydrogen-bond acceptors (Lipinski definition) is 8. The van der Waals surface area contributed by atoms with Gasteiger partial charge >= 0.3 is 5.97 Å². The van der Waals surface area contributed by atoms with Crippen molar-refractivity contribution >= 4 is 46.7 Å². The van der Waals surface area contributed by atoms with E-state index < -0.39 is 47.1 Å². The average molecular weight is 576 g/mol. The summed E-state index contributed by atoms with van der Waals surface area (Å²) in [7, 11) is 0. The van der Waals surface area contributed by atoms with Crippen molar-refractivity contribution in [3.05, 3.63) is 81.9 Å². The largest absolute Gasteiger partial charge is 0.504 e. The number of anilines is 2. The highest BCUT2D eigenvalue weighted by Crippen LogP contribution is 2.55. The lowest BCUT2D eigenvalue weighted by Gasteiger charge is -2.30. The third-order valence-corrected chi connectivity index (χ3v) is 8.35. The molecule has 3 aliphatic heterocycles. The monoisotopic (exact) mass is 575 g/mol. The van der Waals surface area contributed by atoms with Crippen molar-refractivity contribution in [1.82, 2.24) is 5.32 Å². The summed E-state index contributed by atoms with van der Waals surface area (Å²) < 4.78 is 5.03. The topological polar surface area (TPSA) is 145 Å². The predicted octanol–water partition coefficient (Wildman–Crippen LogP) is 3.40. The lowest BCUT2D eigenvalue weighted by molar-refractivity contribution is -0.130. The molecule has 3 aromatic rings. The maximum atomic E-state index is 14.2. The van der Waals surface area contributed by atoms with Crippen LogP contribution in [0.4, 0.5) is 11.4 Å². The molecule has 0 radical (unpaired) electrons. The second kappa shape index (κ2) is 9.60. The first kappa shape index (κ1) is 26.8. The molecule has 6 rings (SSSR count). The van der Waals surface area contributed by atoms with E-state index in [4.69, 9.17) is 16.3 Å². The van der Waals surface area contributed by atoms with E-state index in [2.05, 4.69) is 10.6 Å². The van der Waals surface area contributed by atoms with Crippen LogP contribution in [0.1, 0.15) is 34.0 Å². The SMILES string of the molecule is CCOC(=O)c1ccc(N2C(=O)[C@H]3[C@@H](C2=O)[C@@]2(N[C@@H]3Cc3ccc(O)c(O)c3)C(=O)Nc3c(Cl)cc(C)cc32)cc1. The Bertz CT molecular complexity index is 1640. The summed E-state index contributed by atoms with van der Waals surface area (Å²) in [6.45, 7) is 3.72. The molecule has 1 spiro atoms. The van der Waals surface area contributed by atoms with Gasteiger partial charge in [-0.2, -0.15) is 0 Å². The van der Waals surface area contributed by atoms with Crippen LogP contribution in [0, 0.1) is 18.8 Å². The molecule has 4 atom stereocenters. The van der Waals surface area contributed by atoms with Gasteiger partial charge in [0.05, 0.1) is 40.4 Å². The van der Waals surface area contributed by atoms with Crippen LogP contribution in [0.3, 0.4) is 0 Å².